The number of pyridine rings is 1. The first-order valence-corrected chi connectivity index (χ1v) is 13.0. The van der Waals surface area contributed by atoms with Crippen molar-refractivity contribution in [3.63, 3.8) is 0 Å². The van der Waals surface area contributed by atoms with E-state index in [1.54, 1.807) is 6.07 Å². The largest absolute Gasteiger partial charge is 0.444 e. The van der Waals surface area contributed by atoms with Crippen LogP contribution in [-0.2, 0) is 15.8 Å². The van der Waals surface area contributed by atoms with E-state index in [0.717, 1.165) is 5.56 Å². The van der Waals surface area contributed by atoms with E-state index in [-0.39, 0.29) is 0 Å². The lowest BCUT2D eigenvalue weighted by Gasteiger charge is -2.42. The zero-order valence-electron chi connectivity index (χ0n) is 20.3. The number of nitrogens with one attached hydrogen (secondary N) is 1. The molecule has 0 saturated carbocycles. The van der Waals surface area contributed by atoms with E-state index in [9.17, 15) is 9.59 Å². The van der Waals surface area contributed by atoms with Crippen LogP contribution in [0.5, 0.6) is 0 Å². The Hall–Kier alpha value is -1.73. The molecule has 0 bridgehead atoms. The summed E-state index contributed by atoms with van der Waals surface area (Å²) >= 11 is 0. The van der Waals surface area contributed by atoms with Gasteiger partial charge in [0, 0.05) is 5.56 Å². The monoisotopic (exact) mass is 436 g/mol. The van der Waals surface area contributed by atoms with E-state index < -0.39 is 26.1 Å². The summed E-state index contributed by atoms with van der Waals surface area (Å²) in [5.41, 5.74) is 2.62. The summed E-state index contributed by atoms with van der Waals surface area (Å²) in [4.78, 5) is 28.0. The van der Waals surface area contributed by atoms with Gasteiger partial charge in [-0.25, -0.2) is 9.78 Å². The van der Waals surface area contributed by atoms with Gasteiger partial charge in [0.25, 0.3) is 0 Å². The molecule has 0 saturated heterocycles. The Kier molecular flexibility index (Phi) is 9.23. The predicted molar refractivity (Wildman–Crippen MR) is 123 cm³/mol. The van der Waals surface area contributed by atoms with Crippen LogP contribution in [0.1, 0.15) is 97.0 Å². The van der Waals surface area contributed by atoms with Crippen molar-refractivity contribution >= 4 is 20.7 Å². The molecule has 1 unspecified atom stereocenters. The first-order valence-electron chi connectivity index (χ1n) is 10.8. The van der Waals surface area contributed by atoms with Crippen molar-refractivity contribution < 1.29 is 18.8 Å². The van der Waals surface area contributed by atoms with E-state index in [1.165, 1.54) is 0 Å². The zero-order valence-corrected chi connectivity index (χ0v) is 21.3. The molecule has 0 aliphatic heterocycles. The van der Waals surface area contributed by atoms with Gasteiger partial charge in [-0.1, -0.05) is 47.6 Å². The van der Waals surface area contributed by atoms with Gasteiger partial charge in [-0.15, -0.1) is 0 Å². The molecule has 1 aromatic rings. The van der Waals surface area contributed by atoms with Crippen molar-refractivity contribution in [1.82, 2.24) is 10.3 Å². The van der Waals surface area contributed by atoms with Gasteiger partial charge in [0.05, 0.1) is 18.3 Å². The van der Waals surface area contributed by atoms with Crippen LogP contribution in [0.15, 0.2) is 12.1 Å². The van der Waals surface area contributed by atoms with Crippen molar-refractivity contribution in [2.75, 3.05) is 0 Å². The molecule has 1 N–H and O–H groups in total. The van der Waals surface area contributed by atoms with E-state index in [4.69, 9.17) is 9.16 Å². The Morgan fingerprint density at radius 1 is 1.07 bits per heavy atom. The summed E-state index contributed by atoms with van der Waals surface area (Å²) in [6.45, 7) is 21.1. The van der Waals surface area contributed by atoms with Crippen LogP contribution in [-0.4, -0.2) is 31.3 Å². The molecule has 1 rings (SSSR count). The molecule has 0 aromatic carbocycles. The van der Waals surface area contributed by atoms with Gasteiger partial charge in [0.1, 0.15) is 11.3 Å². The first-order chi connectivity index (χ1) is 13.7. The molecule has 7 heteroatoms. The molecule has 1 heterocycles. The molecular formula is C23H40N2O4Si. The number of hydrogen-bond donors (Lipinski definition) is 1. The zero-order chi connectivity index (χ0) is 23.3. The number of rotatable bonds is 9. The Balaban J connectivity index is 3.19. The molecule has 0 radical (unpaired) electrons. The summed E-state index contributed by atoms with van der Waals surface area (Å²) in [6.07, 6.45) is 0.194. The van der Waals surface area contributed by atoms with Crippen molar-refractivity contribution in [2.24, 2.45) is 0 Å². The minimum absolute atomic E-state index is 0.326. The molecular weight excluding hydrogens is 396 g/mol. The molecule has 30 heavy (non-hydrogen) atoms. The summed E-state index contributed by atoms with van der Waals surface area (Å²) in [5.74, 6) is 0. The average Bonchev–Trinajstić information content (AvgIpc) is 2.59. The van der Waals surface area contributed by atoms with E-state index in [0.29, 0.717) is 40.9 Å². The fraction of sp³-hybridized carbons (Fsp3) is 0.696. The topological polar surface area (TPSA) is 77.5 Å². The molecule has 0 spiro atoms. The highest BCUT2D eigenvalue weighted by atomic mass is 28.4. The van der Waals surface area contributed by atoms with Crippen LogP contribution < -0.4 is 5.32 Å². The molecule has 0 fully saturated rings. The molecule has 1 atom stereocenters. The number of amides is 1. The van der Waals surface area contributed by atoms with Crippen molar-refractivity contribution in [3.8, 4) is 0 Å². The van der Waals surface area contributed by atoms with Crippen LogP contribution in [0, 0.1) is 0 Å². The lowest BCUT2D eigenvalue weighted by molar-refractivity contribution is 0.0506. The smallest absolute Gasteiger partial charge is 0.408 e. The minimum Gasteiger partial charge on any atom is -0.444 e. The Morgan fingerprint density at radius 3 is 2.03 bits per heavy atom. The number of ether oxygens (including phenoxy) is 1. The van der Waals surface area contributed by atoms with E-state index in [1.807, 2.05) is 33.8 Å². The van der Waals surface area contributed by atoms with Crippen LogP contribution in [0.25, 0.3) is 0 Å². The van der Waals surface area contributed by atoms with Crippen LogP contribution in [0.2, 0.25) is 16.6 Å². The molecule has 0 aliphatic carbocycles. The minimum atomic E-state index is -2.06. The van der Waals surface area contributed by atoms with Crippen LogP contribution in [0.4, 0.5) is 4.79 Å². The third-order valence-electron chi connectivity index (χ3n) is 5.48. The number of carbonyl (C=O) groups is 2. The van der Waals surface area contributed by atoms with Gasteiger partial charge in [-0.3, -0.25) is 4.79 Å². The standard InChI is InChI=1S/C23H40N2O4Si/c1-15(2)30(16(3)4,17(5)6)28-14-19-11-12-20(13-26)25-21(19)18(7)24-22(27)29-23(8,9)10/h11-13,15-18H,14H2,1-10H3,(H,24,27). The second kappa shape index (κ2) is 10.5. The number of aldehydes is 1. The maximum atomic E-state index is 12.2. The van der Waals surface area contributed by atoms with Gasteiger partial charge < -0.3 is 14.5 Å². The second-order valence-corrected chi connectivity index (χ2v) is 15.3. The Labute approximate surface area is 183 Å². The highest BCUT2D eigenvalue weighted by molar-refractivity contribution is 6.77. The predicted octanol–water partition coefficient (Wildman–Crippen LogP) is 6.17. The summed E-state index contributed by atoms with van der Waals surface area (Å²) in [5, 5.41) is 2.83. The number of alkyl carbamates (subject to hydrolysis) is 1. The van der Waals surface area contributed by atoms with Gasteiger partial charge in [0.2, 0.25) is 8.32 Å². The van der Waals surface area contributed by atoms with E-state index >= 15 is 0 Å². The number of nitrogens with zero attached hydrogens (tertiary/aromatic N) is 1. The molecule has 1 amide bonds. The quantitative estimate of drug-likeness (QED) is 0.370. The van der Waals surface area contributed by atoms with Gasteiger partial charge in [0.15, 0.2) is 6.29 Å². The fourth-order valence-corrected chi connectivity index (χ4v) is 9.74. The number of carbonyl (C=O) groups excluding carboxylic acids is 2. The number of aromatic nitrogens is 1. The average molecular weight is 437 g/mol. The lowest BCUT2D eigenvalue weighted by Crippen LogP contribution is -2.47. The lowest BCUT2D eigenvalue weighted by atomic mass is 10.1. The third kappa shape index (κ3) is 6.64. The second-order valence-electron chi connectivity index (χ2n) is 9.87. The van der Waals surface area contributed by atoms with Crippen LogP contribution in [0.3, 0.4) is 0 Å². The van der Waals surface area contributed by atoms with Crippen molar-refractivity contribution in [1.29, 1.82) is 0 Å². The van der Waals surface area contributed by atoms with Crippen LogP contribution >= 0.6 is 0 Å². The first kappa shape index (κ1) is 26.3. The highest BCUT2D eigenvalue weighted by Gasteiger charge is 2.45. The highest BCUT2D eigenvalue weighted by Crippen LogP contribution is 2.43. The molecule has 1 aromatic heterocycles. The summed E-state index contributed by atoms with van der Waals surface area (Å²) in [6, 6.07) is 3.14. The summed E-state index contributed by atoms with van der Waals surface area (Å²) < 4.78 is 12.1. The van der Waals surface area contributed by atoms with E-state index in [2.05, 4.69) is 51.8 Å². The number of hydrogen-bond acceptors (Lipinski definition) is 5. The van der Waals surface area contributed by atoms with Gasteiger partial charge in [-0.05, 0) is 50.4 Å². The summed E-state index contributed by atoms with van der Waals surface area (Å²) in [7, 11) is -2.06. The maximum absolute atomic E-state index is 12.2. The maximum Gasteiger partial charge on any atom is 0.408 e. The third-order valence-corrected chi connectivity index (χ3v) is 11.5. The Morgan fingerprint density at radius 2 is 1.60 bits per heavy atom. The molecule has 170 valence electrons. The van der Waals surface area contributed by atoms with Gasteiger partial charge in [-0.2, -0.15) is 0 Å². The Bertz CT molecular complexity index is 705. The normalized spacial score (nSPS) is 13.6. The van der Waals surface area contributed by atoms with Gasteiger partial charge >= 0.3 is 6.09 Å². The van der Waals surface area contributed by atoms with Crippen molar-refractivity contribution in [2.45, 2.75) is 104 Å². The molecule has 6 nitrogen and oxygen atoms in total. The SMILES string of the molecule is CC(NC(=O)OC(C)(C)C)c1nc(C=O)ccc1CO[Si](C(C)C)(C(C)C)C(C)C. The van der Waals surface area contributed by atoms with Crippen molar-refractivity contribution in [3.05, 3.63) is 29.1 Å². The molecule has 0 aliphatic rings. The fourth-order valence-electron chi connectivity index (χ4n) is 4.34.